The first-order chi connectivity index (χ1) is 40.8. The molecule has 0 spiro atoms. The SMILES string of the molecule is CCCCCCCCCCCC(=O)c1ccc2[nH]c3ccc(C(=O)CCCCCCCCCCC)cc3c2c1.CCCCCCCCCCCCc1ccc2[nH]c3ccc(CCCCCCCCCCCC)cc3c2c1.CC[SiH](CC)CC. The zero-order valence-corrected chi connectivity index (χ0v) is 56.3. The van der Waals surface area contributed by atoms with Crippen LogP contribution in [0.2, 0.25) is 18.1 Å². The second kappa shape index (κ2) is 46.3. The molecule has 6 aromatic rings. The lowest BCUT2D eigenvalue weighted by Gasteiger charge is -2.05. The second-order valence-electron chi connectivity index (χ2n) is 25.5. The van der Waals surface area contributed by atoms with Gasteiger partial charge < -0.3 is 9.97 Å². The van der Waals surface area contributed by atoms with Gasteiger partial charge in [0.1, 0.15) is 0 Å². The molecule has 5 heteroatoms. The van der Waals surface area contributed by atoms with E-state index in [1.807, 2.05) is 36.4 Å². The molecule has 0 saturated heterocycles. The van der Waals surface area contributed by atoms with Gasteiger partial charge in [-0.25, -0.2) is 0 Å². The molecule has 0 aliphatic carbocycles. The van der Waals surface area contributed by atoms with Crippen LogP contribution in [0, 0.1) is 0 Å². The Balaban J connectivity index is 0.000000320. The number of hydrogen-bond acceptors (Lipinski definition) is 2. The molecule has 2 aromatic heterocycles. The van der Waals surface area contributed by atoms with Crippen molar-refractivity contribution in [3.63, 3.8) is 0 Å². The summed E-state index contributed by atoms with van der Waals surface area (Å²) >= 11 is 0. The fourth-order valence-electron chi connectivity index (χ4n) is 12.5. The van der Waals surface area contributed by atoms with Crippen molar-refractivity contribution in [1.29, 1.82) is 0 Å². The van der Waals surface area contributed by atoms with Crippen molar-refractivity contribution < 1.29 is 9.59 Å². The molecule has 464 valence electrons. The predicted molar refractivity (Wildman–Crippen MR) is 374 cm³/mol. The number of fused-ring (bicyclic) bond motifs is 6. The van der Waals surface area contributed by atoms with Gasteiger partial charge in [0.25, 0.3) is 0 Å². The highest BCUT2D eigenvalue weighted by Crippen LogP contribution is 2.31. The Hall–Kier alpha value is -3.96. The maximum atomic E-state index is 12.9. The van der Waals surface area contributed by atoms with Crippen molar-refractivity contribution in [2.24, 2.45) is 0 Å². The molecule has 0 aliphatic rings. The van der Waals surface area contributed by atoms with E-state index >= 15 is 0 Å². The molecule has 2 N–H and O–H groups in total. The normalized spacial score (nSPS) is 11.5. The molecule has 4 aromatic carbocycles. The number of hydrogen-bond donors (Lipinski definition) is 2. The van der Waals surface area contributed by atoms with Gasteiger partial charge in [0.2, 0.25) is 0 Å². The number of aromatic nitrogens is 2. The first kappa shape index (κ1) is 71.5. The molecule has 0 aliphatic heterocycles. The van der Waals surface area contributed by atoms with Crippen LogP contribution in [-0.4, -0.2) is 30.3 Å². The van der Waals surface area contributed by atoms with E-state index < -0.39 is 0 Å². The number of rotatable bonds is 47. The number of carbonyl (C=O) groups excluding carboxylic acids is 2. The summed E-state index contributed by atoms with van der Waals surface area (Å²) in [4.78, 5) is 33.0. The van der Waals surface area contributed by atoms with E-state index in [9.17, 15) is 9.59 Å². The van der Waals surface area contributed by atoms with Crippen LogP contribution in [0.1, 0.15) is 337 Å². The minimum atomic E-state index is -0.171. The summed E-state index contributed by atoms with van der Waals surface area (Å²) in [5.74, 6) is 0.457. The van der Waals surface area contributed by atoms with Crippen molar-refractivity contribution in [3.05, 3.63) is 95.1 Å². The van der Waals surface area contributed by atoms with Gasteiger partial charge in [0.05, 0.1) is 0 Å². The molecule has 0 amide bonds. The molecule has 83 heavy (non-hydrogen) atoms. The Morgan fingerprint density at radius 2 is 0.530 bits per heavy atom. The molecular formula is C78H126N2O2Si. The van der Waals surface area contributed by atoms with Crippen LogP contribution in [0.25, 0.3) is 43.6 Å². The molecule has 0 fully saturated rings. The van der Waals surface area contributed by atoms with Gasteiger partial charge in [-0.1, -0.05) is 297 Å². The van der Waals surface area contributed by atoms with Gasteiger partial charge in [-0.3, -0.25) is 9.59 Å². The van der Waals surface area contributed by atoms with E-state index in [4.69, 9.17) is 0 Å². The monoisotopic (exact) mass is 1150 g/mol. The maximum absolute atomic E-state index is 12.9. The Morgan fingerprint density at radius 3 is 0.795 bits per heavy atom. The maximum Gasteiger partial charge on any atom is 0.162 e. The molecule has 0 unspecified atom stereocenters. The summed E-state index contributed by atoms with van der Waals surface area (Å²) in [7, 11) is -0.171. The Labute approximate surface area is 512 Å². The van der Waals surface area contributed by atoms with Crippen LogP contribution in [0.15, 0.2) is 72.8 Å². The number of H-pyrrole nitrogens is 2. The number of ketones is 2. The third-order valence-corrected chi connectivity index (χ3v) is 21.8. The Kier molecular flexibility index (Phi) is 39.9. The molecule has 0 bridgehead atoms. The molecule has 4 nitrogen and oxygen atoms in total. The molecule has 0 atom stereocenters. The van der Waals surface area contributed by atoms with Crippen LogP contribution in [0.4, 0.5) is 0 Å². The van der Waals surface area contributed by atoms with Crippen molar-refractivity contribution in [3.8, 4) is 0 Å². The molecule has 0 radical (unpaired) electrons. The van der Waals surface area contributed by atoms with E-state index in [0.29, 0.717) is 12.8 Å². The molecule has 6 rings (SSSR count). The minimum Gasteiger partial charge on any atom is -0.355 e. The highest BCUT2D eigenvalue weighted by Gasteiger charge is 2.14. The third-order valence-electron chi connectivity index (χ3n) is 18.4. The zero-order valence-electron chi connectivity index (χ0n) is 55.1. The topological polar surface area (TPSA) is 65.7 Å². The third kappa shape index (κ3) is 29.3. The van der Waals surface area contributed by atoms with Gasteiger partial charge in [0, 0.05) is 76.4 Å². The lowest BCUT2D eigenvalue weighted by molar-refractivity contribution is 0.0971. The van der Waals surface area contributed by atoms with E-state index in [1.54, 1.807) is 0 Å². The number of benzene rings is 4. The Bertz CT molecular complexity index is 2410. The number of carbonyl (C=O) groups is 2. The van der Waals surface area contributed by atoms with Crippen molar-refractivity contribution >= 4 is 64.0 Å². The summed E-state index contributed by atoms with van der Waals surface area (Å²) in [5, 5.41) is 4.93. The quantitative estimate of drug-likeness (QED) is 0.0227. The zero-order chi connectivity index (χ0) is 59.4. The summed E-state index contributed by atoms with van der Waals surface area (Å²) in [5.41, 5.74) is 9.21. The second-order valence-corrected chi connectivity index (χ2v) is 29.7. The smallest absolute Gasteiger partial charge is 0.162 e. The number of unbranched alkanes of at least 4 members (excludes halogenated alkanes) is 34. The van der Waals surface area contributed by atoms with Crippen molar-refractivity contribution in [2.45, 2.75) is 336 Å². The standard InChI is InChI=1S/C36H53NO2.C36H57N.C6H16Si/c1-3-5-7-9-11-13-15-17-19-21-35(38)29-23-25-33-31(27-29)32-28-30(24-26-34(32)37-33)36(39)22-20-18-16-14-12-10-8-6-4-2;1-3-5-7-9-11-13-15-17-19-21-23-31-25-27-35-33(29-31)34-30-32(26-28-36(34)37-35)24-22-20-18-16-14-12-10-8-6-4-2;1-4-7(5-2)6-3/h23-28,37H,3-22H2,1-2H3;25-30,37H,3-24H2,1-2H3;7H,4-6H2,1-3H3. The fourth-order valence-corrected chi connectivity index (χ4v) is 14.3. The van der Waals surface area contributed by atoms with E-state index in [2.05, 4.69) is 94.8 Å². The molecular weight excluding hydrogens is 1020 g/mol. The van der Waals surface area contributed by atoms with Crippen LogP contribution < -0.4 is 0 Å². The van der Waals surface area contributed by atoms with Gasteiger partial charge in [-0.15, -0.1) is 0 Å². The van der Waals surface area contributed by atoms with Gasteiger partial charge in [-0.2, -0.15) is 0 Å². The lowest BCUT2D eigenvalue weighted by atomic mass is 9.99. The van der Waals surface area contributed by atoms with Gasteiger partial charge in [-0.05, 0) is 110 Å². The average Bonchev–Trinajstić information content (AvgIpc) is 3.28. The van der Waals surface area contributed by atoms with Crippen LogP contribution >= 0.6 is 0 Å². The van der Waals surface area contributed by atoms with Crippen molar-refractivity contribution in [2.75, 3.05) is 0 Å². The minimum absolute atomic E-state index is 0.171. The van der Waals surface area contributed by atoms with E-state index in [0.717, 1.165) is 58.6 Å². The average molecular weight is 1150 g/mol. The number of aromatic amines is 2. The summed E-state index contributed by atoms with van der Waals surface area (Å²) < 4.78 is 0. The molecule has 2 heterocycles. The van der Waals surface area contributed by atoms with Crippen LogP contribution in [-0.2, 0) is 12.8 Å². The number of aryl methyl sites for hydroxylation is 2. The fraction of sp³-hybridized carbons (Fsp3) is 0.667. The highest BCUT2D eigenvalue weighted by atomic mass is 28.3. The van der Waals surface area contributed by atoms with Gasteiger partial charge >= 0.3 is 0 Å². The highest BCUT2D eigenvalue weighted by molar-refractivity contribution is 6.58. The van der Waals surface area contributed by atoms with E-state index in [-0.39, 0.29) is 20.4 Å². The number of nitrogens with one attached hydrogen (secondary N) is 2. The summed E-state index contributed by atoms with van der Waals surface area (Å²) in [6.07, 6.45) is 54.5. The summed E-state index contributed by atoms with van der Waals surface area (Å²) in [6.45, 7) is 16.1. The van der Waals surface area contributed by atoms with Crippen LogP contribution in [0.3, 0.4) is 0 Å². The first-order valence-electron chi connectivity index (χ1n) is 35.9. The predicted octanol–water partition coefficient (Wildman–Crippen LogP) is 26.0. The van der Waals surface area contributed by atoms with Gasteiger partial charge in [0.15, 0.2) is 11.6 Å². The largest absolute Gasteiger partial charge is 0.355 e. The van der Waals surface area contributed by atoms with Crippen molar-refractivity contribution in [1.82, 2.24) is 9.97 Å². The van der Waals surface area contributed by atoms with E-state index in [1.165, 1.54) is 282 Å². The first-order valence-corrected chi connectivity index (χ1v) is 38.4. The lowest BCUT2D eigenvalue weighted by Crippen LogP contribution is -2.04. The molecule has 0 saturated carbocycles. The van der Waals surface area contributed by atoms with Crippen LogP contribution in [0.5, 0.6) is 0 Å². The number of Topliss-reactive ketones (excluding diaryl/α,β-unsaturated/α-hetero) is 2. The Morgan fingerprint density at radius 1 is 0.289 bits per heavy atom. The summed E-state index contributed by atoms with van der Waals surface area (Å²) in [6, 6.07) is 30.7.